The summed E-state index contributed by atoms with van der Waals surface area (Å²) in [5.74, 6) is -1.90. The van der Waals surface area contributed by atoms with Crippen molar-refractivity contribution in [3.8, 4) is 5.75 Å². The van der Waals surface area contributed by atoms with Crippen molar-refractivity contribution in [3.63, 3.8) is 0 Å². The summed E-state index contributed by atoms with van der Waals surface area (Å²) in [5.41, 5.74) is 0.103. The number of amides is 2. The van der Waals surface area contributed by atoms with Gasteiger partial charge in [-0.3, -0.25) is 4.98 Å². The number of aromatic nitrogens is 1. The number of nitrogens with one attached hydrogen (secondary N) is 2. The van der Waals surface area contributed by atoms with E-state index in [0.29, 0.717) is 11.6 Å². The topological polar surface area (TPSA) is 63.2 Å². The molecule has 198 valence electrons. The summed E-state index contributed by atoms with van der Waals surface area (Å²) in [5, 5.41) is 5.76. The van der Waals surface area contributed by atoms with Crippen LogP contribution in [0.15, 0.2) is 60.8 Å². The minimum absolute atomic E-state index is 0.0123. The van der Waals surface area contributed by atoms with E-state index >= 15 is 0 Å². The number of urea groups is 1. The van der Waals surface area contributed by atoms with Crippen LogP contribution in [0.25, 0.3) is 0 Å². The number of rotatable bonds is 9. The van der Waals surface area contributed by atoms with Gasteiger partial charge in [-0.2, -0.15) is 17.6 Å². The molecule has 3 rings (SSSR count). The van der Waals surface area contributed by atoms with Gasteiger partial charge in [-0.25, -0.2) is 9.18 Å². The first-order valence-electron chi connectivity index (χ1n) is 11.2. The second kappa shape index (κ2) is 11.3. The van der Waals surface area contributed by atoms with Crippen LogP contribution in [-0.2, 0) is 12.0 Å². The predicted octanol–water partition coefficient (Wildman–Crippen LogP) is 6.61. The third-order valence-corrected chi connectivity index (χ3v) is 5.60. The fraction of sp³-hybridized carbons (Fsp3) is 0.308. The Labute approximate surface area is 216 Å². The monoisotopic (exact) mass is 541 g/mol. The molecule has 0 spiro atoms. The van der Waals surface area contributed by atoms with E-state index in [-0.39, 0.29) is 28.7 Å². The average Bonchev–Trinajstić information content (AvgIpc) is 2.79. The highest BCUT2D eigenvalue weighted by Crippen LogP contribution is 2.37. The van der Waals surface area contributed by atoms with Crippen molar-refractivity contribution in [3.05, 3.63) is 94.0 Å². The van der Waals surface area contributed by atoms with Gasteiger partial charge < -0.3 is 15.4 Å². The molecule has 0 aliphatic heterocycles. The van der Waals surface area contributed by atoms with Crippen molar-refractivity contribution < 1.29 is 31.5 Å². The van der Waals surface area contributed by atoms with Crippen molar-refractivity contribution in [1.82, 2.24) is 15.6 Å². The van der Waals surface area contributed by atoms with Gasteiger partial charge in [0.2, 0.25) is 0 Å². The summed E-state index contributed by atoms with van der Waals surface area (Å²) in [4.78, 5) is 17.3. The van der Waals surface area contributed by atoms with Crippen LogP contribution in [0.2, 0.25) is 5.02 Å². The third-order valence-electron chi connectivity index (χ3n) is 5.37. The molecule has 2 aromatic carbocycles. The number of aryl methyl sites for hydroxylation is 1. The van der Waals surface area contributed by atoms with Crippen LogP contribution in [-0.4, -0.2) is 29.6 Å². The zero-order valence-corrected chi connectivity index (χ0v) is 20.9. The molecule has 1 unspecified atom stereocenters. The van der Waals surface area contributed by atoms with Crippen molar-refractivity contribution in [2.75, 3.05) is 0 Å². The number of pyridine rings is 1. The van der Waals surface area contributed by atoms with Gasteiger partial charge in [0.25, 0.3) is 0 Å². The van der Waals surface area contributed by atoms with Crippen LogP contribution in [0.1, 0.15) is 36.2 Å². The molecule has 0 saturated carbocycles. The van der Waals surface area contributed by atoms with Gasteiger partial charge in [-0.1, -0.05) is 41.4 Å². The molecular weight excluding hydrogens is 517 g/mol. The molecule has 11 heteroatoms. The zero-order chi connectivity index (χ0) is 27.4. The number of carbonyl (C=O) groups is 1. The van der Waals surface area contributed by atoms with E-state index in [9.17, 15) is 26.7 Å². The van der Waals surface area contributed by atoms with Gasteiger partial charge >= 0.3 is 18.6 Å². The van der Waals surface area contributed by atoms with E-state index in [0.717, 1.165) is 17.7 Å². The molecule has 1 aromatic heterocycles. The number of hydrogen-bond acceptors (Lipinski definition) is 3. The summed E-state index contributed by atoms with van der Waals surface area (Å²) in [6.45, 7) is 5.33. The first kappa shape index (κ1) is 28.2. The molecule has 0 aliphatic carbocycles. The van der Waals surface area contributed by atoms with Gasteiger partial charge in [-0.05, 0) is 56.2 Å². The molecule has 1 atom stereocenters. The predicted molar refractivity (Wildman–Crippen MR) is 130 cm³/mol. The largest absolute Gasteiger partial charge is 0.461 e. The molecule has 0 bridgehead atoms. The SMILES string of the molecule is Cc1ccc(CC(NC(=O)NC(C)C)(c2cc(F)cc(OC(F)(F)C(F)F)c2)c2ccc(Cl)cn2)cc1. The summed E-state index contributed by atoms with van der Waals surface area (Å²) in [7, 11) is 0. The maximum Gasteiger partial charge on any atom is 0.461 e. The number of benzene rings is 2. The number of halogens is 6. The van der Waals surface area contributed by atoms with E-state index in [4.69, 9.17) is 11.6 Å². The standard InChI is InChI=1S/C26H25ClF5N3O2/c1-15(2)34-24(36)35-25(22-9-8-19(27)14-33-22,13-17-6-4-16(3)5-7-17)18-10-20(28)12-21(11-18)37-26(31,32)23(29)30/h4-12,14-15,23H,13H2,1-3H3,(H2,34,35,36). The normalized spacial score (nSPS) is 13.4. The molecule has 0 saturated heterocycles. The first-order chi connectivity index (χ1) is 17.3. The highest BCUT2D eigenvalue weighted by atomic mass is 35.5. The highest BCUT2D eigenvalue weighted by molar-refractivity contribution is 6.30. The lowest BCUT2D eigenvalue weighted by Crippen LogP contribution is -2.53. The Hall–Kier alpha value is -3.40. The molecule has 2 N–H and O–H groups in total. The second-order valence-electron chi connectivity index (χ2n) is 8.82. The van der Waals surface area contributed by atoms with Crippen molar-refractivity contribution >= 4 is 17.6 Å². The molecule has 1 heterocycles. The third kappa shape index (κ3) is 7.09. The minimum Gasteiger partial charge on any atom is -0.428 e. The van der Waals surface area contributed by atoms with E-state index < -0.39 is 35.7 Å². The van der Waals surface area contributed by atoms with Crippen LogP contribution in [0, 0.1) is 12.7 Å². The molecule has 37 heavy (non-hydrogen) atoms. The Morgan fingerprint density at radius 3 is 2.32 bits per heavy atom. The van der Waals surface area contributed by atoms with Crippen molar-refractivity contribution in [1.29, 1.82) is 0 Å². The zero-order valence-electron chi connectivity index (χ0n) is 20.2. The van der Waals surface area contributed by atoms with Gasteiger partial charge in [0.05, 0.1) is 10.7 Å². The lowest BCUT2D eigenvalue weighted by atomic mass is 9.80. The Morgan fingerprint density at radius 2 is 1.76 bits per heavy atom. The summed E-state index contributed by atoms with van der Waals surface area (Å²) in [6.07, 6.45) is -7.72. The Balaban J connectivity index is 2.26. The van der Waals surface area contributed by atoms with Crippen LogP contribution >= 0.6 is 11.6 Å². The molecular formula is C26H25ClF5N3O2. The summed E-state index contributed by atoms with van der Waals surface area (Å²) < 4.78 is 71.9. The lowest BCUT2D eigenvalue weighted by molar-refractivity contribution is -0.253. The first-order valence-corrected chi connectivity index (χ1v) is 11.6. The van der Waals surface area contributed by atoms with Crippen LogP contribution < -0.4 is 15.4 Å². The number of hydrogen-bond donors (Lipinski definition) is 2. The molecule has 2 amide bonds. The Kier molecular flexibility index (Phi) is 8.63. The number of ether oxygens (including phenoxy) is 1. The molecule has 5 nitrogen and oxygen atoms in total. The fourth-order valence-electron chi connectivity index (χ4n) is 3.72. The van der Waals surface area contributed by atoms with Gasteiger partial charge in [0.15, 0.2) is 0 Å². The molecule has 0 radical (unpaired) electrons. The lowest BCUT2D eigenvalue weighted by Gasteiger charge is -2.36. The van der Waals surface area contributed by atoms with Gasteiger partial charge in [0, 0.05) is 24.7 Å². The maximum atomic E-state index is 14.8. The van der Waals surface area contributed by atoms with E-state index in [1.54, 1.807) is 26.0 Å². The van der Waals surface area contributed by atoms with Crippen LogP contribution in [0.5, 0.6) is 5.75 Å². The molecule has 3 aromatic rings. The van der Waals surface area contributed by atoms with Crippen molar-refractivity contribution in [2.45, 2.75) is 51.3 Å². The van der Waals surface area contributed by atoms with Gasteiger partial charge in [-0.15, -0.1) is 0 Å². The van der Waals surface area contributed by atoms with E-state index in [1.165, 1.54) is 18.3 Å². The Morgan fingerprint density at radius 1 is 1.08 bits per heavy atom. The quantitative estimate of drug-likeness (QED) is 0.300. The minimum atomic E-state index is -4.87. The average molecular weight is 542 g/mol. The number of nitrogens with zero attached hydrogens (tertiary/aromatic N) is 1. The van der Waals surface area contributed by atoms with Crippen LogP contribution in [0.4, 0.5) is 26.7 Å². The molecule has 0 aliphatic rings. The maximum absolute atomic E-state index is 14.8. The number of carbonyl (C=O) groups excluding carboxylic acids is 1. The van der Waals surface area contributed by atoms with Crippen molar-refractivity contribution in [2.24, 2.45) is 0 Å². The van der Waals surface area contributed by atoms with E-state index in [1.807, 2.05) is 19.1 Å². The highest BCUT2D eigenvalue weighted by Gasteiger charge is 2.45. The van der Waals surface area contributed by atoms with Crippen LogP contribution in [0.3, 0.4) is 0 Å². The number of alkyl halides is 4. The van der Waals surface area contributed by atoms with E-state index in [2.05, 4.69) is 20.4 Å². The second-order valence-corrected chi connectivity index (χ2v) is 9.26. The summed E-state index contributed by atoms with van der Waals surface area (Å²) >= 11 is 6.02. The summed E-state index contributed by atoms with van der Waals surface area (Å²) in [6, 6.07) is 11.8. The smallest absolute Gasteiger partial charge is 0.428 e. The molecule has 0 fully saturated rings. The fourth-order valence-corrected chi connectivity index (χ4v) is 3.83. The Bertz CT molecular complexity index is 1220. The van der Waals surface area contributed by atoms with Gasteiger partial charge in [0.1, 0.15) is 17.1 Å².